The molecule has 1 aromatic carbocycles. The third-order valence-corrected chi connectivity index (χ3v) is 3.71. The first-order chi connectivity index (χ1) is 11.6. The fraction of sp³-hybridized carbons (Fsp3) is 0.471. The molecule has 0 saturated heterocycles. The highest BCUT2D eigenvalue weighted by Crippen LogP contribution is 2.15. The van der Waals surface area contributed by atoms with Gasteiger partial charge in [0.25, 0.3) is 0 Å². The van der Waals surface area contributed by atoms with Crippen molar-refractivity contribution in [1.29, 1.82) is 0 Å². The van der Waals surface area contributed by atoms with Crippen LogP contribution in [0.1, 0.15) is 44.0 Å². The van der Waals surface area contributed by atoms with Crippen molar-refractivity contribution >= 4 is 41.5 Å². The minimum atomic E-state index is 0. The number of rotatable bonds is 7. The third-order valence-electron chi connectivity index (χ3n) is 3.34. The van der Waals surface area contributed by atoms with Crippen molar-refractivity contribution in [2.24, 2.45) is 4.99 Å². The van der Waals surface area contributed by atoms with Gasteiger partial charge in [-0.15, -0.1) is 24.0 Å². The number of benzene rings is 1. The molecule has 0 aliphatic carbocycles. The number of hydrogen-bond acceptors (Lipinski definition) is 4. The van der Waals surface area contributed by atoms with Crippen molar-refractivity contribution in [1.82, 2.24) is 20.8 Å². The van der Waals surface area contributed by atoms with Gasteiger partial charge in [0.2, 0.25) is 5.89 Å². The van der Waals surface area contributed by atoms with E-state index in [0.29, 0.717) is 25.4 Å². The Morgan fingerprint density at radius 3 is 2.68 bits per heavy atom. The summed E-state index contributed by atoms with van der Waals surface area (Å²) >= 11 is 6.16. The molecule has 2 aromatic rings. The largest absolute Gasteiger partial charge is 0.357 e. The summed E-state index contributed by atoms with van der Waals surface area (Å²) in [5.41, 5.74) is 0.995. The van der Waals surface area contributed by atoms with Gasteiger partial charge >= 0.3 is 0 Å². The number of guanidine groups is 1. The van der Waals surface area contributed by atoms with Gasteiger partial charge in [-0.25, -0.2) is 4.99 Å². The van der Waals surface area contributed by atoms with E-state index in [0.717, 1.165) is 28.9 Å². The molecule has 138 valence electrons. The van der Waals surface area contributed by atoms with Gasteiger partial charge in [0.05, 0.1) is 6.54 Å². The number of nitrogens with zero attached hydrogens (tertiary/aromatic N) is 3. The van der Waals surface area contributed by atoms with Crippen LogP contribution < -0.4 is 10.6 Å². The zero-order chi connectivity index (χ0) is 17.4. The molecule has 1 heterocycles. The first-order valence-electron chi connectivity index (χ1n) is 8.18. The monoisotopic (exact) mass is 477 g/mol. The van der Waals surface area contributed by atoms with Gasteiger partial charge in [-0.3, -0.25) is 0 Å². The molecule has 0 aliphatic rings. The lowest BCUT2D eigenvalue weighted by Crippen LogP contribution is -2.38. The molecule has 25 heavy (non-hydrogen) atoms. The van der Waals surface area contributed by atoms with E-state index in [1.165, 1.54) is 0 Å². The molecule has 0 amide bonds. The van der Waals surface area contributed by atoms with E-state index >= 15 is 0 Å². The Kier molecular flexibility index (Phi) is 9.81. The number of halogens is 2. The molecule has 1 aromatic heterocycles. The van der Waals surface area contributed by atoms with Crippen LogP contribution in [-0.2, 0) is 13.0 Å². The van der Waals surface area contributed by atoms with Crippen molar-refractivity contribution < 1.29 is 4.52 Å². The zero-order valence-electron chi connectivity index (χ0n) is 14.8. The molecule has 6 nitrogen and oxygen atoms in total. The first-order valence-corrected chi connectivity index (χ1v) is 8.56. The highest BCUT2D eigenvalue weighted by atomic mass is 127. The highest BCUT2D eigenvalue weighted by molar-refractivity contribution is 14.0. The van der Waals surface area contributed by atoms with Crippen molar-refractivity contribution in [3.05, 3.63) is 46.6 Å². The molecule has 0 radical (unpaired) electrons. The highest BCUT2D eigenvalue weighted by Gasteiger charge is 2.09. The average molecular weight is 478 g/mol. The molecule has 8 heteroatoms. The maximum Gasteiger partial charge on any atom is 0.228 e. The van der Waals surface area contributed by atoms with E-state index in [9.17, 15) is 0 Å². The summed E-state index contributed by atoms with van der Waals surface area (Å²) in [5, 5.41) is 11.2. The molecule has 0 bridgehead atoms. The Bertz CT molecular complexity index is 675. The fourth-order valence-corrected chi connectivity index (χ4v) is 2.22. The van der Waals surface area contributed by atoms with E-state index < -0.39 is 0 Å². The summed E-state index contributed by atoms with van der Waals surface area (Å²) in [4.78, 5) is 8.91. The maximum absolute atomic E-state index is 6.16. The summed E-state index contributed by atoms with van der Waals surface area (Å²) in [6, 6.07) is 7.71. The SMILES string of the molecule is CCNC(=NCc1ccccc1Cl)NCCc1nc(C(C)C)no1.I. The van der Waals surface area contributed by atoms with Crippen LogP contribution in [0, 0.1) is 0 Å². The second kappa shape index (κ2) is 11.3. The van der Waals surface area contributed by atoms with Crippen LogP contribution in [0.3, 0.4) is 0 Å². The van der Waals surface area contributed by atoms with E-state index in [2.05, 4.69) is 25.8 Å². The number of aliphatic imine (C=N–C) groups is 1. The van der Waals surface area contributed by atoms with Crippen molar-refractivity contribution in [3.8, 4) is 0 Å². The number of hydrogen-bond donors (Lipinski definition) is 2. The van der Waals surface area contributed by atoms with Crippen molar-refractivity contribution in [2.45, 2.75) is 39.7 Å². The first kappa shape index (κ1) is 21.7. The molecule has 0 saturated carbocycles. The van der Waals surface area contributed by atoms with Crippen LogP contribution in [0.4, 0.5) is 0 Å². The molecule has 2 N–H and O–H groups in total. The second-order valence-electron chi connectivity index (χ2n) is 5.66. The standard InChI is InChI=1S/C17H24ClN5O.HI/c1-4-19-17(21-11-13-7-5-6-8-14(13)18)20-10-9-15-22-16(12(2)3)23-24-15;/h5-8,12H,4,9-11H2,1-3H3,(H2,19,20,21);1H. The minimum Gasteiger partial charge on any atom is -0.357 e. The molecular formula is C17H25ClIN5O. The number of aromatic nitrogens is 2. The lowest BCUT2D eigenvalue weighted by molar-refractivity contribution is 0.371. The topological polar surface area (TPSA) is 75.3 Å². The van der Waals surface area contributed by atoms with Gasteiger partial charge in [-0.2, -0.15) is 4.98 Å². The molecule has 0 aliphatic heterocycles. The third kappa shape index (κ3) is 7.19. The van der Waals surface area contributed by atoms with Crippen LogP contribution in [-0.4, -0.2) is 29.2 Å². The van der Waals surface area contributed by atoms with E-state index in [-0.39, 0.29) is 29.9 Å². The van der Waals surface area contributed by atoms with Crippen molar-refractivity contribution in [2.75, 3.05) is 13.1 Å². The van der Waals surface area contributed by atoms with Gasteiger partial charge in [-0.05, 0) is 18.6 Å². The van der Waals surface area contributed by atoms with Gasteiger partial charge in [0.1, 0.15) is 0 Å². The van der Waals surface area contributed by atoms with Gasteiger partial charge in [0.15, 0.2) is 11.8 Å². The van der Waals surface area contributed by atoms with Crippen LogP contribution in [0.5, 0.6) is 0 Å². The van der Waals surface area contributed by atoms with Crippen LogP contribution in [0.15, 0.2) is 33.8 Å². The van der Waals surface area contributed by atoms with Crippen LogP contribution in [0.25, 0.3) is 0 Å². The van der Waals surface area contributed by atoms with Gasteiger partial charge < -0.3 is 15.2 Å². The average Bonchev–Trinajstić information content (AvgIpc) is 3.03. The predicted molar refractivity (Wildman–Crippen MR) is 112 cm³/mol. The molecular weight excluding hydrogens is 453 g/mol. The molecule has 0 atom stereocenters. The van der Waals surface area contributed by atoms with E-state index in [4.69, 9.17) is 16.1 Å². The zero-order valence-corrected chi connectivity index (χ0v) is 17.8. The smallest absolute Gasteiger partial charge is 0.228 e. The van der Waals surface area contributed by atoms with Gasteiger partial charge in [-0.1, -0.05) is 48.8 Å². The second-order valence-corrected chi connectivity index (χ2v) is 6.07. The van der Waals surface area contributed by atoms with Gasteiger partial charge in [0, 0.05) is 30.5 Å². The molecule has 0 fully saturated rings. The molecule has 0 spiro atoms. The molecule has 0 unspecified atom stereocenters. The molecule has 2 rings (SSSR count). The Balaban J connectivity index is 0.00000312. The van der Waals surface area contributed by atoms with Crippen LogP contribution >= 0.6 is 35.6 Å². The minimum absolute atomic E-state index is 0. The Labute approximate surface area is 170 Å². The Morgan fingerprint density at radius 2 is 2.04 bits per heavy atom. The summed E-state index contributed by atoms with van der Waals surface area (Å²) in [6.45, 7) is 8.07. The Morgan fingerprint density at radius 1 is 1.28 bits per heavy atom. The summed E-state index contributed by atoms with van der Waals surface area (Å²) < 4.78 is 5.23. The van der Waals surface area contributed by atoms with Crippen molar-refractivity contribution in [3.63, 3.8) is 0 Å². The summed E-state index contributed by atoms with van der Waals surface area (Å²) in [7, 11) is 0. The van der Waals surface area contributed by atoms with E-state index in [1.54, 1.807) is 0 Å². The van der Waals surface area contributed by atoms with Crippen LogP contribution in [0.2, 0.25) is 5.02 Å². The maximum atomic E-state index is 6.16. The lowest BCUT2D eigenvalue weighted by atomic mass is 10.2. The summed E-state index contributed by atoms with van der Waals surface area (Å²) in [6.07, 6.45) is 0.649. The normalized spacial score (nSPS) is 11.3. The summed E-state index contributed by atoms with van der Waals surface area (Å²) in [5.74, 6) is 2.38. The Hall–Kier alpha value is -1.35. The van der Waals surface area contributed by atoms with E-state index in [1.807, 2.05) is 45.0 Å². The quantitative estimate of drug-likeness (QED) is 0.361. The fourth-order valence-electron chi connectivity index (χ4n) is 2.02. The lowest BCUT2D eigenvalue weighted by Gasteiger charge is -2.10. The predicted octanol–water partition coefficient (Wildman–Crippen LogP) is 3.76. The number of nitrogens with one attached hydrogen (secondary N) is 2.